The summed E-state index contributed by atoms with van der Waals surface area (Å²) in [5.74, 6) is -2.18. The van der Waals surface area contributed by atoms with Gasteiger partial charge in [-0.05, 0) is 101 Å². The van der Waals surface area contributed by atoms with E-state index < -0.39 is 29.9 Å². The number of halogens is 2. The van der Waals surface area contributed by atoms with Crippen molar-refractivity contribution in [2.24, 2.45) is 0 Å². The highest BCUT2D eigenvalue weighted by Gasteiger charge is 2.29. The molecule has 11 heteroatoms. The molecule has 0 saturated carbocycles. The summed E-state index contributed by atoms with van der Waals surface area (Å²) in [7, 11) is 0. The molecule has 3 rings (SSSR count). The number of esters is 3. The van der Waals surface area contributed by atoms with E-state index >= 15 is 0 Å². The fourth-order valence-corrected chi connectivity index (χ4v) is 4.70. The van der Waals surface area contributed by atoms with Crippen LogP contribution in [0.2, 0.25) is 0 Å². The highest BCUT2D eigenvalue weighted by atomic mass is 19.3. The van der Waals surface area contributed by atoms with E-state index in [1.807, 2.05) is 0 Å². The minimum absolute atomic E-state index is 0.0224. The number of carbonyl (C=O) groups excluding carboxylic acids is 3. The third-order valence-electron chi connectivity index (χ3n) is 7.63. The monoisotopic (exact) mass is 585 g/mol. The summed E-state index contributed by atoms with van der Waals surface area (Å²) in [5, 5.41) is 9.26. The van der Waals surface area contributed by atoms with Crippen molar-refractivity contribution in [2.45, 2.75) is 68.7 Å². The van der Waals surface area contributed by atoms with Crippen LogP contribution in [0, 0.1) is 55.4 Å². The van der Waals surface area contributed by atoms with Crippen LogP contribution in [0.1, 0.15) is 84.1 Å². The van der Waals surface area contributed by atoms with Crippen molar-refractivity contribution >= 4 is 23.6 Å². The molecule has 0 bridgehead atoms. The predicted molar refractivity (Wildman–Crippen MR) is 151 cm³/mol. The van der Waals surface area contributed by atoms with Crippen LogP contribution in [0.15, 0.2) is 12.1 Å². The molecular formula is C31H33F2NO8. The SMILES string of the molecule is CC(=O)Oc1c(N)cc(C(=O)Oc2cc(C(F)F)c(C(=O)Oc3c(C)c(C)c(OO)c(C)c3C)c(C)c2C)c(C)c1C. The molecule has 0 atom stereocenters. The van der Waals surface area contributed by atoms with Gasteiger partial charge >= 0.3 is 17.9 Å². The number of rotatable bonds is 7. The standard InChI is InChI=1S/C31H33F2NO8/c1-12-15(4)28(39-20(9)35)23(34)10-21(12)30(36)40-24-11-22(29(32)33)25(14(3)13(24)2)31(37)41-26-16(5)18(7)27(42-38)19(8)17(26)6/h10-11,29,38H,34H2,1-9H3. The van der Waals surface area contributed by atoms with Crippen LogP contribution < -0.4 is 24.8 Å². The van der Waals surface area contributed by atoms with Gasteiger partial charge in [0, 0.05) is 23.6 Å². The van der Waals surface area contributed by atoms with Crippen LogP contribution in [0.5, 0.6) is 23.0 Å². The lowest BCUT2D eigenvalue weighted by molar-refractivity contribution is -0.138. The molecule has 3 aromatic rings. The topological polar surface area (TPSA) is 134 Å². The first-order valence-corrected chi connectivity index (χ1v) is 12.9. The summed E-state index contributed by atoms with van der Waals surface area (Å²) < 4.78 is 45.0. The Hall–Kier alpha value is -4.51. The number of alkyl halides is 2. The van der Waals surface area contributed by atoms with Crippen LogP contribution in [-0.2, 0) is 4.79 Å². The van der Waals surface area contributed by atoms with Crippen molar-refractivity contribution in [1.29, 1.82) is 0 Å². The normalized spacial score (nSPS) is 11.0. The van der Waals surface area contributed by atoms with Crippen molar-refractivity contribution < 1.29 is 47.5 Å². The summed E-state index contributed by atoms with van der Waals surface area (Å²) in [6, 6.07) is 2.23. The Morgan fingerprint density at radius 3 is 1.71 bits per heavy atom. The first-order valence-electron chi connectivity index (χ1n) is 12.9. The van der Waals surface area contributed by atoms with E-state index in [4.69, 9.17) is 19.9 Å². The first kappa shape index (κ1) is 32.0. The molecular weight excluding hydrogens is 552 g/mol. The van der Waals surface area contributed by atoms with E-state index in [1.54, 1.807) is 41.5 Å². The van der Waals surface area contributed by atoms with Gasteiger partial charge in [-0.2, -0.15) is 0 Å². The lowest BCUT2D eigenvalue weighted by atomic mass is 9.95. The lowest BCUT2D eigenvalue weighted by Gasteiger charge is -2.21. The highest BCUT2D eigenvalue weighted by molar-refractivity contribution is 5.97. The van der Waals surface area contributed by atoms with Crippen molar-refractivity contribution in [1.82, 2.24) is 0 Å². The Bertz CT molecular complexity index is 1600. The number of hydrogen-bond acceptors (Lipinski definition) is 9. The number of anilines is 1. The van der Waals surface area contributed by atoms with Gasteiger partial charge in [-0.1, -0.05) is 0 Å². The van der Waals surface area contributed by atoms with Crippen LogP contribution in [-0.4, -0.2) is 23.2 Å². The molecule has 0 fully saturated rings. The second kappa shape index (κ2) is 12.2. The third-order valence-corrected chi connectivity index (χ3v) is 7.63. The quantitative estimate of drug-likeness (QED) is 0.0999. The second-order valence-electron chi connectivity index (χ2n) is 10.1. The smallest absolute Gasteiger partial charge is 0.344 e. The molecule has 0 aliphatic carbocycles. The summed E-state index contributed by atoms with van der Waals surface area (Å²) >= 11 is 0. The minimum atomic E-state index is -3.11. The Balaban J connectivity index is 2.06. The number of ether oxygens (including phenoxy) is 3. The van der Waals surface area contributed by atoms with Crippen molar-refractivity contribution in [3.8, 4) is 23.0 Å². The molecule has 0 amide bonds. The van der Waals surface area contributed by atoms with Gasteiger partial charge in [-0.15, -0.1) is 0 Å². The Morgan fingerprint density at radius 1 is 0.690 bits per heavy atom. The average Bonchev–Trinajstić information content (AvgIpc) is 2.92. The Labute approximate surface area is 242 Å². The number of benzene rings is 3. The zero-order chi connectivity index (χ0) is 31.8. The van der Waals surface area contributed by atoms with Gasteiger partial charge in [0.15, 0.2) is 11.5 Å². The van der Waals surface area contributed by atoms with Crippen LogP contribution in [0.3, 0.4) is 0 Å². The first-order chi connectivity index (χ1) is 19.5. The largest absolute Gasteiger partial charge is 0.424 e. The maximum atomic E-state index is 14.3. The van der Waals surface area contributed by atoms with E-state index in [0.717, 1.165) is 6.07 Å². The van der Waals surface area contributed by atoms with E-state index in [-0.39, 0.29) is 50.9 Å². The van der Waals surface area contributed by atoms with Crippen LogP contribution >= 0.6 is 0 Å². The number of carbonyl (C=O) groups is 3. The van der Waals surface area contributed by atoms with E-state index in [1.165, 1.54) is 26.8 Å². The maximum absolute atomic E-state index is 14.3. The van der Waals surface area contributed by atoms with E-state index in [9.17, 15) is 28.4 Å². The van der Waals surface area contributed by atoms with Crippen molar-refractivity contribution in [2.75, 3.05) is 5.73 Å². The molecule has 0 aliphatic heterocycles. The van der Waals surface area contributed by atoms with E-state index in [2.05, 4.69) is 4.89 Å². The zero-order valence-corrected chi connectivity index (χ0v) is 24.9. The molecule has 0 radical (unpaired) electrons. The Kier molecular flexibility index (Phi) is 9.26. The minimum Gasteiger partial charge on any atom is -0.424 e. The predicted octanol–water partition coefficient (Wildman–Crippen LogP) is 6.89. The fourth-order valence-electron chi connectivity index (χ4n) is 4.70. The molecule has 0 unspecified atom stereocenters. The molecule has 3 aromatic carbocycles. The third kappa shape index (κ3) is 5.78. The van der Waals surface area contributed by atoms with Gasteiger partial charge in [0.2, 0.25) is 0 Å². The average molecular weight is 586 g/mol. The lowest BCUT2D eigenvalue weighted by Crippen LogP contribution is -2.18. The highest BCUT2D eigenvalue weighted by Crippen LogP contribution is 2.40. The summed E-state index contributed by atoms with van der Waals surface area (Å²) in [6.45, 7) is 14.0. The molecule has 0 heterocycles. The Morgan fingerprint density at radius 2 is 1.21 bits per heavy atom. The molecule has 3 N–H and O–H groups in total. The number of nitrogen functional groups attached to an aromatic ring is 1. The van der Waals surface area contributed by atoms with Gasteiger partial charge in [0.25, 0.3) is 6.43 Å². The fraction of sp³-hybridized carbons (Fsp3) is 0.323. The van der Waals surface area contributed by atoms with Crippen molar-refractivity contribution in [3.05, 3.63) is 73.3 Å². The molecule has 0 spiro atoms. The maximum Gasteiger partial charge on any atom is 0.344 e. The van der Waals surface area contributed by atoms with Gasteiger partial charge < -0.3 is 24.8 Å². The summed E-state index contributed by atoms with van der Waals surface area (Å²) in [6.07, 6.45) is -3.11. The van der Waals surface area contributed by atoms with Crippen LogP contribution in [0.25, 0.3) is 0 Å². The van der Waals surface area contributed by atoms with Crippen LogP contribution in [0.4, 0.5) is 14.5 Å². The van der Waals surface area contributed by atoms with Gasteiger partial charge in [-0.25, -0.2) is 23.6 Å². The second-order valence-corrected chi connectivity index (χ2v) is 10.1. The summed E-state index contributed by atoms with van der Waals surface area (Å²) in [4.78, 5) is 42.5. The molecule has 224 valence electrons. The molecule has 42 heavy (non-hydrogen) atoms. The van der Waals surface area contributed by atoms with Gasteiger partial charge in [0.05, 0.1) is 16.8 Å². The number of hydrogen-bond donors (Lipinski definition) is 2. The molecule has 0 aromatic heterocycles. The summed E-state index contributed by atoms with van der Waals surface area (Å²) in [5.41, 5.74) is 8.29. The van der Waals surface area contributed by atoms with E-state index in [0.29, 0.717) is 33.4 Å². The van der Waals surface area contributed by atoms with Gasteiger partial charge in [-0.3, -0.25) is 4.79 Å². The zero-order valence-electron chi connectivity index (χ0n) is 24.9. The molecule has 0 saturated heterocycles. The molecule has 9 nitrogen and oxygen atoms in total. The molecule has 0 aliphatic rings. The van der Waals surface area contributed by atoms with Gasteiger partial charge in [0.1, 0.15) is 11.5 Å². The number of nitrogens with two attached hydrogens (primary N) is 1. The van der Waals surface area contributed by atoms with Crippen molar-refractivity contribution in [3.63, 3.8) is 0 Å².